The molecule has 6 heteroatoms. The highest BCUT2D eigenvalue weighted by atomic mass is 35.5. The molecule has 1 nitrogen and oxygen atoms in total. The Balaban J connectivity index is 0.000000956. The molecule has 2 N–H and O–H groups in total. The highest BCUT2D eigenvalue weighted by Crippen LogP contribution is 2.48. The highest BCUT2D eigenvalue weighted by Gasteiger charge is 2.33. The minimum atomic E-state index is -0.311. The molecule has 0 amide bonds. The van der Waals surface area contributed by atoms with Crippen molar-refractivity contribution < 1.29 is 0 Å². The molecule has 5 aromatic rings. The first-order valence-corrected chi connectivity index (χ1v) is 25.6. The molecule has 0 saturated heterocycles. The summed E-state index contributed by atoms with van der Waals surface area (Å²) in [6.45, 7) is 17.9. The molecule has 0 fully saturated rings. The molecule has 0 aromatic heterocycles. The van der Waals surface area contributed by atoms with Crippen LogP contribution in [0.15, 0.2) is 152 Å². The van der Waals surface area contributed by atoms with Gasteiger partial charge in [0, 0.05) is 10.7 Å². The van der Waals surface area contributed by atoms with E-state index in [4.69, 9.17) is 5.73 Å². The second-order valence-corrected chi connectivity index (χ2v) is 19.6. The lowest BCUT2D eigenvalue weighted by Crippen LogP contribution is -2.37. The van der Waals surface area contributed by atoms with E-state index in [1.807, 2.05) is 0 Å². The molecule has 0 radical (unpaired) electrons. The van der Waals surface area contributed by atoms with Gasteiger partial charge in [-0.3, -0.25) is 0 Å². The van der Waals surface area contributed by atoms with Crippen LogP contribution >= 0.6 is 55.7 Å². The van der Waals surface area contributed by atoms with Gasteiger partial charge in [-0.05, 0) is 90.3 Å². The zero-order chi connectivity index (χ0) is 45.1. The Hall–Kier alpha value is -2.47. The Morgan fingerprint density at radius 3 is 1.31 bits per heavy atom. The van der Waals surface area contributed by atoms with Gasteiger partial charge < -0.3 is 5.73 Å². The van der Waals surface area contributed by atoms with Crippen LogP contribution in [-0.2, 0) is 17.1 Å². The van der Waals surface area contributed by atoms with Gasteiger partial charge in [-0.15, -0.1) is 55.7 Å². The number of halogens is 3. The minimum Gasteiger partial charge on any atom is -0.321 e. The fourth-order valence-corrected chi connectivity index (χ4v) is 9.84. The van der Waals surface area contributed by atoms with Crippen LogP contribution in [0.25, 0.3) is 11.1 Å². The van der Waals surface area contributed by atoms with Gasteiger partial charge in [0.2, 0.25) is 0 Å². The van der Waals surface area contributed by atoms with Crippen molar-refractivity contribution in [1.82, 2.24) is 0 Å². The van der Waals surface area contributed by atoms with E-state index in [2.05, 4.69) is 206 Å². The first kappa shape index (κ1) is 62.5. The van der Waals surface area contributed by atoms with Gasteiger partial charge in [-0.25, -0.2) is 0 Å². The van der Waals surface area contributed by atoms with Crippen molar-refractivity contribution in [3.63, 3.8) is 0 Å². The molecule has 0 heterocycles. The van der Waals surface area contributed by atoms with Gasteiger partial charge in [-0.2, -0.15) is 0 Å². The van der Waals surface area contributed by atoms with Crippen molar-refractivity contribution in [2.75, 3.05) is 0 Å². The molecule has 0 saturated carbocycles. The van der Waals surface area contributed by atoms with E-state index in [1.165, 1.54) is 147 Å². The summed E-state index contributed by atoms with van der Waals surface area (Å²) >= 11 is 0. The maximum atomic E-state index is 6.86. The first-order valence-electron chi connectivity index (χ1n) is 24.5. The molecule has 360 valence electrons. The van der Waals surface area contributed by atoms with Gasteiger partial charge in [0.15, 0.2) is 0 Å². The molecular weight excluding hydrogens is 891 g/mol. The Labute approximate surface area is 422 Å². The van der Waals surface area contributed by atoms with E-state index in [0.29, 0.717) is 5.16 Å². The lowest BCUT2D eigenvalue weighted by molar-refractivity contribution is 0.351. The number of aryl methyl sites for hydroxylation is 1. The molecule has 2 atom stereocenters. The van der Waals surface area contributed by atoms with Crippen molar-refractivity contribution in [3.05, 3.63) is 179 Å². The second kappa shape index (κ2) is 34.8. The molecule has 0 spiro atoms. The van der Waals surface area contributed by atoms with Gasteiger partial charge in [-0.1, -0.05) is 257 Å². The van der Waals surface area contributed by atoms with Crippen LogP contribution in [-0.4, -0.2) is 5.16 Å². The van der Waals surface area contributed by atoms with Gasteiger partial charge >= 0.3 is 0 Å². The normalized spacial score (nSPS) is 11.0. The molecule has 0 aliphatic rings. The smallest absolute Gasteiger partial charge is 0.0597 e. The predicted molar refractivity (Wildman–Crippen MR) is 306 cm³/mol. The summed E-state index contributed by atoms with van der Waals surface area (Å²) in [4.78, 5) is 0. The first-order chi connectivity index (χ1) is 30.1. The number of rotatable bonds is 24. The molecule has 2 unspecified atom stereocenters. The Morgan fingerprint density at radius 1 is 0.462 bits per heavy atom. The number of nitrogens with two attached hydrogens (primary N) is 1. The van der Waals surface area contributed by atoms with Crippen molar-refractivity contribution in [2.24, 2.45) is 5.73 Å². The Morgan fingerprint density at radius 2 is 0.846 bits per heavy atom. The van der Waals surface area contributed by atoms with E-state index >= 15 is 0 Å². The summed E-state index contributed by atoms with van der Waals surface area (Å²) in [6.07, 6.45) is 22.5. The summed E-state index contributed by atoms with van der Waals surface area (Å²) < 4.78 is 0. The molecule has 0 aliphatic heterocycles. The van der Waals surface area contributed by atoms with Gasteiger partial charge in [0.05, 0.1) is 5.16 Å². The van der Waals surface area contributed by atoms with Crippen LogP contribution in [0, 0.1) is 0 Å². The van der Waals surface area contributed by atoms with E-state index in [1.54, 1.807) is 0 Å². The van der Waals surface area contributed by atoms with Crippen molar-refractivity contribution in [2.45, 2.75) is 173 Å². The van der Waals surface area contributed by atoms with Crippen molar-refractivity contribution >= 4 is 55.7 Å². The fraction of sp³-hybridized carbons (Fsp3) is 0.458. The van der Waals surface area contributed by atoms with Crippen LogP contribution in [0.2, 0.25) is 0 Å². The molecule has 0 aliphatic carbocycles. The predicted octanol–water partition coefficient (Wildman–Crippen LogP) is 19.1. The third-order valence-electron chi connectivity index (χ3n) is 12.7. The Kier molecular flexibility index (Phi) is 33.4. The maximum Gasteiger partial charge on any atom is 0.0597 e. The lowest BCUT2D eigenvalue weighted by atomic mass is 9.78. The van der Waals surface area contributed by atoms with Crippen LogP contribution in [0.1, 0.15) is 179 Å². The summed E-state index contributed by atoms with van der Waals surface area (Å²) in [5.74, 6) is 0. The SMILES string of the molecule is C=C(CCCC)C(P)(CCCC)CCCC.CCCCc1ccccc1C(N)(CCCC)CCCC.Cl.Cl.Cl.PC(c1ccccc1)(c1ccccc1)c1ccccc1-c1ccccc1. The number of hydrogen-bond donors (Lipinski definition) is 1. The standard InChI is InChI=1S/C25H21P.C19H33N.C15H31P.3ClH/c26-25(21-14-6-2-7-15-21,22-16-8-3-9-17-22)24-19-11-10-18-23(24)20-12-4-1-5-13-20;1-4-7-12-17-13-10-11-14-18(17)19(20,15-8-5-2)16-9-6-3;1-5-8-11-14(4)15(16,12-9-6-2)13-10-7-3;;;/h1-19H,26H2;10-11,13-14H,4-9,12,15-16,20H2,1-3H3;4-13,16H2,1-3H3;3*1H. The molecular formula is C59H88Cl3NP2. The van der Waals surface area contributed by atoms with Crippen LogP contribution < -0.4 is 5.73 Å². The van der Waals surface area contributed by atoms with Crippen LogP contribution in [0.4, 0.5) is 0 Å². The van der Waals surface area contributed by atoms with Crippen LogP contribution in [0.3, 0.4) is 0 Å². The summed E-state index contributed by atoms with van der Waals surface area (Å²) in [7, 11) is 6.27. The van der Waals surface area contributed by atoms with Gasteiger partial charge in [0.1, 0.15) is 0 Å². The van der Waals surface area contributed by atoms with Crippen LogP contribution in [0.5, 0.6) is 0 Å². The molecule has 65 heavy (non-hydrogen) atoms. The number of hydrogen-bond acceptors (Lipinski definition) is 1. The maximum absolute atomic E-state index is 6.86. The number of unbranched alkanes of at least 4 members (excludes halogenated alkanes) is 6. The average molecular weight is 980 g/mol. The fourth-order valence-electron chi connectivity index (χ4n) is 8.65. The monoisotopic (exact) mass is 978 g/mol. The highest BCUT2D eigenvalue weighted by molar-refractivity contribution is 7.19. The van der Waals surface area contributed by atoms with E-state index in [0.717, 1.165) is 12.8 Å². The molecule has 5 rings (SSSR count). The summed E-state index contributed by atoms with van der Waals surface area (Å²) in [6, 6.07) is 49.6. The van der Waals surface area contributed by atoms with Crippen molar-refractivity contribution in [3.8, 4) is 11.1 Å². The Bertz CT molecular complexity index is 1880. The molecule has 5 aromatic carbocycles. The quantitative estimate of drug-likeness (QED) is 0.0372. The molecule has 0 bridgehead atoms. The van der Waals surface area contributed by atoms with Gasteiger partial charge in [0.25, 0.3) is 0 Å². The second-order valence-electron chi connectivity index (χ2n) is 17.6. The lowest BCUT2D eigenvalue weighted by Gasteiger charge is -2.33. The van der Waals surface area contributed by atoms with E-state index in [-0.39, 0.29) is 47.9 Å². The zero-order valence-corrected chi connectivity index (χ0v) is 45.9. The zero-order valence-electron chi connectivity index (χ0n) is 41.2. The number of benzene rings is 5. The third kappa shape index (κ3) is 19.6. The average Bonchev–Trinajstić information content (AvgIpc) is 3.33. The minimum absolute atomic E-state index is 0. The third-order valence-corrected chi connectivity index (χ3v) is 14.7. The largest absolute Gasteiger partial charge is 0.321 e. The summed E-state index contributed by atoms with van der Waals surface area (Å²) in [5, 5.41) is 0.0240. The van der Waals surface area contributed by atoms with E-state index in [9.17, 15) is 0 Å². The summed E-state index contributed by atoms with van der Waals surface area (Å²) in [5.41, 5.74) is 17.4. The van der Waals surface area contributed by atoms with Crippen molar-refractivity contribution in [1.29, 1.82) is 0 Å². The topological polar surface area (TPSA) is 26.0 Å². The van der Waals surface area contributed by atoms with E-state index < -0.39 is 0 Å². The number of allylic oxidation sites excluding steroid dienone is 1.